The van der Waals surface area contributed by atoms with E-state index in [-0.39, 0.29) is 5.82 Å². The topological polar surface area (TPSA) is 73.0 Å². The van der Waals surface area contributed by atoms with Crippen LogP contribution in [0.1, 0.15) is 26.0 Å². The van der Waals surface area contributed by atoms with E-state index in [9.17, 15) is 10.1 Å². The molecule has 1 N–H and O–H groups in total. The van der Waals surface area contributed by atoms with Gasteiger partial charge in [-0.05, 0) is 18.3 Å². The summed E-state index contributed by atoms with van der Waals surface area (Å²) in [5.74, 6) is -0.0987. The van der Waals surface area contributed by atoms with Crippen LogP contribution < -0.4 is 5.32 Å². The summed E-state index contributed by atoms with van der Waals surface area (Å²) in [6, 6.07) is 1.90. The molecule has 6 heteroatoms. The summed E-state index contributed by atoms with van der Waals surface area (Å²) in [6.45, 7) is 4.76. The lowest BCUT2D eigenvalue weighted by molar-refractivity contribution is -0.389. The Morgan fingerprint density at radius 2 is 2.40 bits per heavy atom. The first-order chi connectivity index (χ1) is 7.04. The Kier molecular flexibility index (Phi) is 3.79. The molecule has 0 saturated heterocycles. The zero-order valence-electron chi connectivity index (χ0n) is 9.23. The van der Waals surface area contributed by atoms with Crippen molar-refractivity contribution in [2.24, 2.45) is 7.05 Å². The van der Waals surface area contributed by atoms with Crippen LogP contribution in [0.4, 0.5) is 5.82 Å². The summed E-state index contributed by atoms with van der Waals surface area (Å²) in [6.07, 6.45) is 1.03. The molecule has 0 aliphatic heterocycles. The van der Waals surface area contributed by atoms with E-state index in [0.29, 0.717) is 12.6 Å². The maximum absolute atomic E-state index is 10.5. The summed E-state index contributed by atoms with van der Waals surface area (Å²) in [7, 11) is 1.71. The van der Waals surface area contributed by atoms with E-state index in [0.717, 1.165) is 12.1 Å². The number of nitrogens with zero attached hydrogens (tertiary/aromatic N) is 3. The second-order valence-corrected chi connectivity index (χ2v) is 3.56. The Morgan fingerprint density at radius 3 is 2.87 bits per heavy atom. The van der Waals surface area contributed by atoms with Crippen LogP contribution in [0.3, 0.4) is 0 Å². The zero-order chi connectivity index (χ0) is 11.4. The fourth-order valence-electron chi connectivity index (χ4n) is 1.17. The van der Waals surface area contributed by atoms with Crippen molar-refractivity contribution in [3.63, 3.8) is 0 Å². The molecule has 0 saturated carbocycles. The van der Waals surface area contributed by atoms with Gasteiger partial charge in [0.05, 0.1) is 23.9 Å². The molecule has 0 bridgehead atoms. The fraction of sp³-hybridized carbons (Fsp3) is 0.667. The van der Waals surface area contributed by atoms with Crippen molar-refractivity contribution in [3.05, 3.63) is 21.9 Å². The summed E-state index contributed by atoms with van der Waals surface area (Å²) >= 11 is 0. The Morgan fingerprint density at radius 1 is 1.73 bits per heavy atom. The molecule has 1 aromatic rings. The molecular weight excluding hydrogens is 196 g/mol. The van der Waals surface area contributed by atoms with Crippen LogP contribution in [0, 0.1) is 10.1 Å². The Bertz CT molecular complexity index is 348. The molecule has 0 fully saturated rings. The van der Waals surface area contributed by atoms with Gasteiger partial charge in [0.25, 0.3) is 0 Å². The van der Waals surface area contributed by atoms with E-state index >= 15 is 0 Å². The SMILES string of the molecule is CCC(C)NCc1cc([N+](=O)[O-])nn1C. The van der Waals surface area contributed by atoms with E-state index in [1.807, 2.05) is 0 Å². The molecule has 0 spiro atoms. The van der Waals surface area contributed by atoms with Crippen molar-refractivity contribution in [1.29, 1.82) is 0 Å². The lowest BCUT2D eigenvalue weighted by Gasteiger charge is -2.09. The van der Waals surface area contributed by atoms with E-state index < -0.39 is 4.92 Å². The maximum atomic E-state index is 10.5. The molecule has 0 radical (unpaired) electrons. The quantitative estimate of drug-likeness (QED) is 0.588. The summed E-state index contributed by atoms with van der Waals surface area (Å²) < 4.78 is 1.54. The van der Waals surface area contributed by atoms with Gasteiger partial charge in [0.1, 0.15) is 0 Å². The number of aryl methyl sites for hydroxylation is 1. The van der Waals surface area contributed by atoms with Crippen LogP contribution in [-0.4, -0.2) is 20.7 Å². The highest BCUT2D eigenvalue weighted by Gasteiger charge is 2.15. The van der Waals surface area contributed by atoms with Gasteiger partial charge < -0.3 is 15.4 Å². The minimum Gasteiger partial charge on any atom is -0.358 e. The highest BCUT2D eigenvalue weighted by molar-refractivity contribution is 5.21. The maximum Gasteiger partial charge on any atom is 0.390 e. The van der Waals surface area contributed by atoms with Gasteiger partial charge in [0.2, 0.25) is 0 Å². The summed E-state index contributed by atoms with van der Waals surface area (Å²) in [4.78, 5) is 9.99. The smallest absolute Gasteiger partial charge is 0.358 e. The Hall–Kier alpha value is -1.43. The molecule has 0 aromatic carbocycles. The first-order valence-electron chi connectivity index (χ1n) is 4.95. The molecule has 0 aliphatic rings. The Labute approximate surface area is 88.4 Å². The molecule has 1 atom stereocenters. The number of aromatic nitrogens is 2. The van der Waals surface area contributed by atoms with Gasteiger partial charge in [-0.15, -0.1) is 0 Å². The molecule has 1 heterocycles. The molecular formula is C9H16N4O2. The number of nitro groups is 1. The minimum atomic E-state index is -0.479. The fourth-order valence-corrected chi connectivity index (χ4v) is 1.17. The first kappa shape index (κ1) is 11.6. The summed E-state index contributed by atoms with van der Waals surface area (Å²) in [5, 5.41) is 17.5. The lowest BCUT2D eigenvalue weighted by atomic mass is 10.2. The van der Waals surface area contributed by atoms with Gasteiger partial charge in [0.15, 0.2) is 0 Å². The second-order valence-electron chi connectivity index (χ2n) is 3.56. The van der Waals surface area contributed by atoms with Crippen LogP contribution in [0.5, 0.6) is 0 Å². The van der Waals surface area contributed by atoms with Crippen molar-refractivity contribution in [2.45, 2.75) is 32.9 Å². The van der Waals surface area contributed by atoms with Gasteiger partial charge >= 0.3 is 5.82 Å². The van der Waals surface area contributed by atoms with Crippen LogP contribution >= 0.6 is 0 Å². The summed E-state index contributed by atoms with van der Waals surface area (Å²) in [5.41, 5.74) is 0.821. The zero-order valence-corrected chi connectivity index (χ0v) is 9.23. The van der Waals surface area contributed by atoms with E-state index in [1.54, 1.807) is 7.05 Å². The van der Waals surface area contributed by atoms with Crippen LogP contribution in [0.25, 0.3) is 0 Å². The standard InChI is InChI=1S/C9H16N4O2/c1-4-7(2)10-6-8-5-9(13(14)15)11-12(8)3/h5,7,10H,4,6H2,1-3H3. The molecule has 1 unspecified atom stereocenters. The van der Waals surface area contributed by atoms with E-state index in [1.165, 1.54) is 10.7 Å². The van der Waals surface area contributed by atoms with Gasteiger partial charge in [-0.2, -0.15) is 4.68 Å². The normalized spacial score (nSPS) is 12.7. The monoisotopic (exact) mass is 212 g/mol. The largest absolute Gasteiger partial charge is 0.390 e. The predicted octanol–water partition coefficient (Wildman–Crippen LogP) is 1.22. The van der Waals surface area contributed by atoms with Gasteiger partial charge in [-0.3, -0.25) is 0 Å². The molecule has 84 valence electrons. The molecule has 0 amide bonds. The van der Waals surface area contributed by atoms with Gasteiger partial charge in [0, 0.05) is 12.6 Å². The minimum absolute atomic E-state index is 0.0987. The number of hydrogen-bond donors (Lipinski definition) is 1. The highest BCUT2D eigenvalue weighted by atomic mass is 16.6. The number of nitrogens with one attached hydrogen (secondary N) is 1. The highest BCUT2D eigenvalue weighted by Crippen LogP contribution is 2.10. The predicted molar refractivity (Wildman–Crippen MR) is 56.5 cm³/mol. The Balaban J connectivity index is 2.65. The number of rotatable bonds is 5. The van der Waals surface area contributed by atoms with Crippen molar-refractivity contribution < 1.29 is 4.92 Å². The van der Waals surface area contributed by atoms with E-state index in [4.69, 9.17) is 0 Å². The third-order valence-corrected chi connectivity index (χ3v) is 2.39. The molecule has 6 nitrogen and oxygen atoms in total. The van der Waals surface area contributed by atoms with Crippen molar-refractivity contribution in [1.82, 2.24) is 15.1 Å². The van der Waals surface area contributed by atoms with Crippen LogP contribution in [0.2, 0.25) is 0 Å². The first-order valence-corrected chi connectivity index (χ1v) is 4.95. The molecule has 1 aromatic heterocycles. The van der Waals surface area contributed by atoms with E-state index in [2.05, 4.69) is 24.3 Å². The molecule has 15 heavy (non-hydrogen) atoms. The number of hydrogen-bond acceptors (Lipinski definition) is 4. The average Bonchev–Trinajstić information content (AvgIpc) is 2.56. The second kappa shape index (κ2) is 4.88. The molecule has 1 rings (SSSR count). The van der Waals surface area contributed by atoms with Crippen molar-refractivity contribution in [3.8, 4) is 0 Å². The van der Waals surface area contributed by atoms with Crippen LogP contribution in [-0.2, 0) is 13.6 Å². The average molecular weight is 212 g/mol. The lowest BCUT2D eigenvalue weighted by Crippen LogP contribution is -2.25. The van der Waals surface area contributed by atoms with Gasteiger partial charge in [-0.25, -0.2) is 0 Å². The third kappa shape index (κ3) is 3.02. The third-order valence-electron chi connectivity index (χ3n) is 2.39. The van der Waals surface area contributed by atoms with Crippen LogP contribution in [0.15, 0.2) is 6.07 Å². The van der Waals surface area contributed by atoms with Crippen molar-refractivity contribution >= 4 is 5.82 Å². The van der Waals surface area contributed by atoms with Gasteiger partial charge in [-0.1, -0.05) is 6.92 Å². The molecule has 0 aliphatic carbocycles. The van der Waals surface area contributed by atoms with Crippen molar-refractivity contribution in [2.75, 3.05) is 0 Å².